The molecule has 1 atom stereocenters. The van der Waals surface area contributed by atoms with Crippen molar-refractivity contribution in [3.8, 4) is 0 Å². The second-order valence-corrected chi connectivity index (χ2v) is 6.13. The molecule has 2 aromatic rings. The zero-order chi connectivity index (χ0) is 13.6. The van der Waals surface area contributed by atoms with Crippen LogP contribution in [0, 0.1) is 0 Å². The molecular formula is C14H16BrN3O. The number of pyridine rings is 1. The molecule has 0 spiro atoms. The summed E-state index contributed by atoms with van der Waals surface area (Å²) in [4.78, 5) is 15.7. The molecule has 4 nitrogen and oxygen atoms in total. The molecule has 1 aliphatic rings. The van der Waals surface area contributed by atoms with E-state index < -0.39 is 0 Å². The first-order valence-corrected chi connectivity index (χ1v) is 7.28. The Labute approximate surface area is 120 Å². The number of amides is 1. The third-order valence-corrected chi connectivity index (χ3v) is 4.12. The second-order valence-electron chi connectivity index (χ2n) is 5.31. The van der Waals surface area contributed by atoms with Gasteiger partial charge in [-0.2, -0.15) is 0 Å². The number of hydrogen-bond acceptors (Lipinski definition) is 2. The first-order valence-electron chi connectivity index (χ1n) is 6.49. The minimum Gasteiger partial charge on any atom is -0.355 e. The molecule has 19 heavy (non-hydrogen) atoms. The van der Waals surface area contributed by atoms with Crippen molar-refractivity contribution in [3.63, 3.8) is 0 Å². The molecule has 5 heteroatoms. The van der Waals surface area contributed by atoms with Crippen molar-refractivity contribution >= 4 is 32.7 Å². The Hall–Kier alpha value is -1.36. The van der Waals surface area contributed by atoms with Crippen molar-refractivity contribution in [2.24, 2.45) is 0 Å². The van der Waals surface area contributed by atoms with Gasteiger partial charge in [0, 0.05) is 42.7 Å². The van der Waals surface area contributed by atoms with E-state index in [1.165, 1.54) is 11.1 Å². The molecule has 1 amide bonds. The Morgan fingerprint density at radius 1 is 1.53 bits per heavy atom. The number of fused-ring (bicyclic) bond motifs is 1. The molecule has 3 heterocycles. The van der Waals surface area contributed by atoms with Crippen molar-refractivity contribution in [1.29, 1.82) is 0 Å². The molecule has 0 aromatic carbocycles. The Balaban J connectivity index is 2.17. The van der Waals surface area contributed by atoms with E-state index in [4.69, 9.17) is 0 Å². The van der Waals surface area contributed by atoms with Crippen LogP contribution in [-0.4, -0.2) is 22.0 Å². The number of hydrogen-bond donors (Lipinski definition) is 1. The highest BCUT2D eigenvalue weighted by Crippen LogP contribution is 2.33. The fourth-order valence-corrected chi connectivity index (χ4v) is 3.04. The van der Waals surface area contributed by atoms with Crippen molar-refractivity contribution in [2.75, 3.05) is 6.54 Å². The minimum atomic E-state index is 0.139. The molecule has 3 rings (SSSR count). The SMILES string of the molecule is CC(C)n1cc(C2CNC(=O)C2)c2cnc(Br)cc21. The summed E-state index contributed by atoms with van der Waals surface area (Å²) in [5, 5.41) is 4.06. The Morgan fingerprint density at radius 3 is 2.95 bits per heavy atom. The van der Waals surface area contributed by atoms with E-state index in [1.54, 1.807) is 0 Å². The van der Waals surface area contributed by atoms with E-state index in [1.807, 2.05) is 12.3 Å². The number of halogens is 1. The summed E-state index contributed by atoms with van der Waals surface area (Å²) < 4.78 is 3.09. The van der Waals surface area contributed by atoms with Crippen molar-refractivity contribution < 1.29 is 4.79 Å². The van der Waals surface area contributed by atoms with Gasteiger partial charge in [0.2, 0.25) is 5.91 Å². The molecule has 1 N–H and O–H groups in total. The molecule has 1 saturated heterocycles. The van der Waals surface area contributed by atoms with Gasteiger partial charge in [-0.25, -0.2) is 4.98 Å². The van der Waals surface area contributed by atoms with Crippen LogP contribution in [0.2, 0.25) is 0 Å². The molecular weight excluding hydrogens is 306 g/mol. The number of carbonyl (C=O) groups is 1. The molecule has 0 radical (unpaired) electrons. The largest absolute Gasteiger partial charge is 0.355 e. The van der Waals surface area contributed by atoms with E-state index >= 15 is 0 Å². The fourth-order valence-electron chi connectivity index (χ4n) is 2.72. The van der Waals surface area contributed by atoms with E-state index in [-0.39, 0.29) is 11.8 Å². The predicted molar refractivity (Wildman–Crippen MR) is 78.2 cm³/mol. The fraction of sp³-hybridized carbons (Fsp3) is 0.429. The van der Waals surface area contributed by atoms with E-state index in [0.29, 0.717) is 12.5 Å². The molecule has 2 aromatic heterocycles. The van der Waals surface area contributed by atoms with Gasteiger partial charge >= 0.3 is 0 Å². The van der Waals surface area contributed by atoms with Gasteiger partial charge in [0.15, 0.2) is 0 Å². The average molecular weight is 322 g/mol. The number of nitrogens with one attached hydrogen (secondary N) is 1. The van der Waals surface area contributed by atoms with Gasteiger partial charge in [-0.05, 0) is 41.4 Å². The summed E-state index contributed by atoms with van der Waals surface area (Å²) in [6, 6.07) is 2.43. The predicted octanol–water partition coefficient (Wildman–Crippen LogP) is 2.98. The van der Waals surface area contributed by atoms with Gasteiger partial charge < -0.3 is 9.88 Å². The van der Waals surface area contributed by atoms with Crippen molar-refractivity contribution in [2.45, 2.75) is 32.2 Å². The number of rotatable bonds is 2. The van der Waals surface area contributed by atoms with Crippen LogP contribution in [0.3, 0.4) is 0 Å². The molecule has 1 aliphatic heterocycles. The lowest BCUT2D eigenvalue weighted by molar-refractivity contribution is -0.119. The highest BCUT2D eigenvalue weighted by atomic mass is 79.9. The Morgan fingerprint density at radius 2 is 2.32 bits per heavy atom. The van der Waals surface area contributed by atoms with Crippen molar-refractivity contribution in [1.82, 2.24) is 14.9 Å². The lowest BCUT2D eigenvalue weighted by Gasteiger charge is -2.08. The van der Waals surface area contributed by atoms with Gasteiger partial charge in [-0.1, -0.05) is 0 Å². The maximum atomic E-state index is 11.4. The van der Waals surface area contributed by atoms with Crippen LogP contribution in [0.1, 0.15) is 37.8 Å². The van der Waals surface area contributed by atoms with Gasteiger partial charge in [0.05, 0.1) is 5.52 Å². The van der Waals surface area contributed by atoms with Crippen LogP contribution in [0.15, 0.2) is 23.1 Å². The normalized spacial score (nSPS) is 19.4. The maximum Gasteiger partial charge on any atom is 0.220 e. The lowest BCUT2D eigenvalue weighted by atomic mass is 9.99. The maximum absolute atomic E-state index is 11.4. The number of nitrogens with zero attached hydrogens (tertiary/aromatic N) is 2. The molecule has 0 bridgehead atoms. The standard InChI is InChI=1S/C14H16BrN3O/c1-8(2)18-7-11(9-3-14(19)17-5-9)10-6-16-13(15)4-12(10)18/h4,6-9H,3,5H2,1-2H3,(H,17,19). The summed E-state index contributed by atoms with van der Waals surface area (Å²) in [7, 11) is 0. The Kier molecular flexibility index (Phi) is 3.09. The molecule has 1 unspecified atom stereocenters. The second kappa shape index (κ2) is 4.63. The first-order chi connectivity index (χ1) is 9.06. The van der Waals surface area contributed by atoms with Gasteiger partial charge in [-0.3, -0.25) is 4.79 Å². The zero-order valence-electron chi connectivity index (χ0n) is 11.0. The third kappa shape index (κ3) is 2.16. The number of carbonyl (C=O) groups excluding carboxylic acids is 1. The lowest BCUT2D eigenvalue weighted by Crippen LogP contribution is -2.13. The van der Waals surface area contributed by atoms with Crippen LogP contribution in [0.5, 0.6) is 0 Å². The van der Waals surface area contributed by atoms with Crippen LogP contribution in [0.4, 0.5) is 0 Å². The van der Waals surface area contributed by atoms with Crippen LogP contribution >= 0.6 is 15.9 Å². The highest BCUT2D eigenvalue weighted by Gasteiger charge is 2.26. The van der Waals surface area contributed by atoms with Gasteiger partial charge in [0.1, 0.15) is 4.60 Å². The molecule has 0 aliphatic carbocycles. The van der Waals surface area contributed by atoms with Crippen LogP contribution < -0.4 is 5.32 Å². The monoisotopic (exact) mass is 321 g/mol. The smallest absolute Gasteiger partial charge is 0.220 e. The van der Waals surface area contributed by atoms with Gasteiger partial charge in [0.25, 0.3) is 0 Å². The number of aromatic nitrogens is 2. The van der Waals surface area contributed by atoms with Crippen LogP contribution in [0.25, 0.3) is 10.9 Å². The van der Waals surface area contributed by atoms with Gasteiger partial charge in [-0.15, -0.1) is 0 Å². The summed E-state index contributed by atoms with van der Waals surface area (Å²) >= 11 is 3.43. The first kappa shape index (κ1) is 12.7. The molecule has 1 fully saturated rings. The summed E-state index contributed by atoms with van der Waals surface area (Å²) in [6.45, 7) is 5.05. The quantitative estimate of drug-likeness (QED) is 0.864. The topological polar surface area (TPSA) is 46.9 Å². The Bertz CT molecular complexity index is 647. The molecule has 100 valence electrons. The van der Waals surface area contributed by atoms with E-state index in [2.05, 4.69) is 50.8 Å². The van der Waals surface area contributed by atoms with Crippen LogP contribution in [-0.2, 0) is 4.79 Å². The summed E-state index contributed by atoms with van der Waals surface area (Å²) in [5.41, 5.74) is 2.40. The minimum absolute atomic E-state index is 0.139. The summed E-state index contributed by atoms with van der Waals surface area (Å²) in [5.74, 6) is 0.401. The third-order valence-electron chi connectivity index (χ3n) is 3.69. The highest BCUT2D eigenvalue weighted by molar-refractivity contribution is 9.10. The average Bonchev–Trinajstić information content (AvgIpc) is 2.92. The summed E-state index contributed by atoms with van der Waals surface area (Å²) in [6.07, 6.45) is 4.65. The van der Waals surface area contributed by atoms with Crippen molar-refractivity contribution in [3.05, 3.63) is 28.6 Å². The zero-order valence-corrected chi connectivity index (χ0v) is 12.6. The molecule has 0 saturated carbocycles. The van der Waals surface area contributed by atoms with E-state index in [9.17, 15) is 4.79 Å². The van der Waals surface area contributed by atoms with E-state index in [0.717, 1.165) is 16.5 Å².